The molecule has 0 aliphatic carbocycles. The molecule has 2 N–H and O–H groups in total. The standard InChI is InChI=1S/C23H45N3O3/c1-15(2)17(13-16(3)14-29-12)26(11)21(28)19(23(7,8)9)25-20(27)18(24-10)22(4,5)6/h13,15,17-19,24H,14H2,1-12H3,(H,25,27)/b16-13+/t17-,18-,19-/m1/s1. The number of likely N-dealkylation sites (N-methyl/N-ethyl adjacent to an activating group) is 2. The Hall–Kier alpha value is -1.40. The zero-order valence-electron chi connectivity index (χ0n) is 20.8. The summed E-state index contributed by atoms with van der Waals surface area (Å²) in [5.41, 5.74) is 0.380. The van der Waals surface area contributed by atoms with Gasteiger partial charge in [0.05, 0.1) is 18.7 Å². The van der Waals surface area contributed by atoms with Crippen molar-refractivity contribution in [2.24, 2.45) is 16.7 Å². The maximum atomic E-state index is 13.5. The first kappa shape index (κ1) is 27.6. The molecular formula is C23H45N3O3. The lowest BCUT2D eigenvalue weighted by Crippen LogP contribution is -2.60. The summed E-state index contributed by atoms with van der Waals surface area (Å²) in [6, 6.07) is -1.10. The predicted octanol–water partition coefficient (Wildman–Crippen LogP) is 3.23. The van der Waals surface area contributed by atoms with Gasteiger partial charge in [-0.2, -0.15) is 0 Å². The predicted molar refractivity (Wildman–Crippen MR) is 121 cm³/mol. The van der Waals surface area contributed by atoms with Gasteiger partial charge in [-0.1, -0.05) is 61.5 Å². The number of nitrogens with zero attached hydrogens (tertiary/aromatic N) is 1. The molecule has 0 aromatic rings. The van der Waals surface area contributed by atoms with E-state index in [0.29, 0.717) is 6.61 Å². The zero-order chi connectivity index (χ0) is 23.2. The highest BCUT2D eigenvalue weighted by Crippen LogP contribution is 2.25. The van der Waals surface area contributed by atoms with E-state index in [4.69, 9.17) is 4.74 Å². The zero-order valence-corrected chi connectivity index (χ0v) is 20.8. The number of hydrogen-bond acceptors (Lipinski definition) is 4. The molecule has 0 aliphatic rings. The first-order valence-corrected chi connectivity index (χ1v) is 10.5. The van der Waals surface area contributed by atoms with Gasteiger partial charge in [-0.05, 0) is 36.3 Å². The van der Waals surface area contributed by atoms with E-state index in [0.717, 1.165) is 5.57 Å². The van der Waals surface area contributed by atoms with Gasteiger partial charge >= 0.3 is 0 Å². The number of carbonyl (C=O) groups excluding carboxylic acids is 2. The Morgan fingerprint density at radius 3 is 1.86 bits per heavy atom. The van der Waals surface area contributed by atoms with Gasteiger partial charge in [0.2, 0.25) is 11.8 Å². The van der Waals surface area contributed by atoms with Gasteiger partial charge < -0.3 is 20.3 Å². The SMILES string of the molecule is CN[C@H](C(=O)N[C@H](C(=O)N(C)[C@H](/C=C(\C)COC)C(C)C)C(C)(C)C)C(C)(C)C. The fraction of sp³-hybridized carbons (Fsp3) is 0.826. The van der Waals surface area contributed by atoms with Crippen molar-refractivity contribution in [2.75, 3.05) is 27.8 Å². The van der Waals surface area contributed by atoms with Gasteiger partial charge in [-0.25, -0.2) is 0 Å². The molecule has 0 aliphatic heterocycles. The minimum Gasteiger partial charge on any atom is -0.380 e. The number of hydrogen-bond donors (Lipinski definition) is 2. The molecule has 6 heteroatoms. The molecule has 0 saturated heterocycles. The Morgan fingerprint density at radius 2 is 1.52 bits per heavy atom. The molecule has 0 fully saturated rings. The molecule has 0 aromatic carbocycles. The number of ether oxygens (including phenoxy) is 1. The Morgan fingerprint density at radius 1 is 1.03 bits per heavy atom. The lowest BCUT2D eigenvalue weighted by atomic mass is 9.83. The average Bonchev–Trinajstić information content (AvgIpc) is 2.54. The summed E-state index contributed by atoms with van der Waals surface area (Å²) in [5, 5.41) is 6.12. The van der Waals surface area contributed by atoms with Gasteiger partial charge in [-0.15, -0.1) is 0 Å². The van der Waals surface area contributed by atoms with Crippen molar-refractivity contribution in [3.63, 3.8) is 0 Å². The van der Waals surface area contributed by atoms with Crippen molar-refractivity contribution in [1.29, 1.82) is 0 Å². The van der Waals surface area contributed by atoms with Crippen LogP contribution in [0.1, 0.15) is 62.3 Å². The fourth-order valence-electron chi connectivity index (χ4n) is 3.50. The van der Waals surface area contributed by atoms with E-state index >= 15 is 0 Å². The second-order valence-electron chi connectivity index (χ2n) is 10.5. The van der Waals surface area contributed by atoms with Crippen LogP contribution in [0.4, 0.5) is 0 Å². The van der Waals surface area contributed by atoms with Crippen LogP contribution >= 0.6 is 0 Å². The monoisotopic (exact) mass is 411 g/mol. The van der Waals surface area contributed by atoms with E-state index < -0.39 is 17.5 Å². The van der Waals surface area contributed by atoms with Crippen LogP contribution in [0.2, 0.25) is 0 Å². The van der Waals surface area contributed by atoms with Crippen molar-refractivity contribution >= 4 is 11.8 Å². The van der Waals surface area contributed by atoms with Gasteiger partial charge in [0, 0.05) is 14.2 Å². The van der Waals surface area contributed by atoms with Gasteiger partial charge in [0.1, 0.15) is 6.04 Å². The largest absolute Gasteiger partial charge is 0.380 e. The summed E-state index contributed by atoms with van der Waals surface area (Å²) >= 11 is 0. The summed E-state index contributed by atoms with van der Waals surface area (Å²) in [6.45, 7) is 18.7. The molecule has 3 atom stereocenters. The average molecular weight is 412 g/mol. The second kappa shape index (κ2) is 11.1. The molecule has 0 heterocycles. The molecule has 0 radical (unpaired) electrons. The van der Waals surface area contributed by atoms with Crippen LogP contribution < -0.4 is 10.6 Å². The third kappa shape index (κ3) is 8.47. The molecule has 0 saturated carbocycles. The normalized spacial score (nSPS) is 16.4. The summed E-state index contributed by atoms with van der Waals surface area (Å²) in [6.07, 6.45) is 2.08. The van der Waals surface area contributed by atoms with Crippen molar-refractivity contribution in [3.05, 3.63) is 11.6 Å². The quantitative estimate of drug-likeness (QED) is 0.572. The van der Waals surface area contributed by atoms with Gasteiger partial charge in [0.25, 0.3) is 0 Å². The maximum absolute atomic E-state index is 13.5. The maximum Gasteiger partial charge on any atom is 0.245 e. The molecule has 0 spiro atoms. The number of methoxy groups -OCH3 is 1. The lowest BCUT2D eigenvalue weighted by molar-refractivity contribution is -0.141. The molecule has 2 amide bonds. The Bertz CT molecular complexity index is 571. The van der Waals surface area contributed by atoms with Crippen LogP contribution in [0.5, 0.6) is 0 Å². The molecule has 29 heavy (non-hydrogen) atoms. The van der Waals surface area contributed by atoms with Crippen LogP contribution in [-0.4, -0.2) is 62.7 Å². The van der Waals surface area contributed by atoms with Crippen molar-refractivity contribution < 1.29 is 14.3 Å². The topological polar surface area (TPSA) is 70.7 Å². The highest BCUT2D eigenvalue weighted by atomic mass is 16.5. The Labute approximate surface area is 178 Å². The van der Waals surface area contributed by atoms with E-state index in [2.05, 4.69) is 30.6 Å². The van der Waals surface area contributed by atoms with Crippen LogP contribution in [0.3, 0.4) is 0 Å². The van der Waals surface area contributed by atoms with Crippen molar-refractivity contribution in [2.45, 2.75) is 80.4 Å². The van der Waals surface area contributed by atoms with Crippen molar-refractivity contribution in [3.8, 4) is 0 Å². The minimum atomic E-state index is -0.629. The Balaban J connectivity index is 5.80. The highest BCUT2D eigenvalue weighted by Gasteiger charge is 2.39. The first-order chi connectivity index (χ1) is 13.1. The van der Waals surface area contributed by atoms with Gasteiger partial charge in [0.15, 0.2) is 0 Å². The number of carbonyl (C=O) groups is 2. The second-order valence-corrected chi connectivity index (χ2v) is 10.5. The molecule has 0 bridgehead atoms. The number of amides is 2. The summed E-state index contributed by atoms with van der Waals surface area (Å²) in [5.74, 6) is -0.0182. The molecule has 0 unspecified atom stereocenters. The lowest BCUT2D eigenvalue weighted by Gasteiger charge is -2.39. The summed E-state index contributed by atoms with van der Waals surface area (Å²) in [7, 11) is 5.25. The van der Waals surface area contributed by atoms with E-state index in [1.54, 1.807) is 19.1 Å². The molecule has 170 valence electrons. The molecule has 0 rings (SSSR count). The summed E-state index contributed by atoms with van der Waals surface area (Å²) < 4.78 is 5.21. The third-order valence-electron chi connectivity index (χ3n) is 5.12. The number of rotatable bonds is 9. The molecule has 6 nitrogen and oxygen atoms in total. The van der Waals surface area contributed by atoms with Crippen LogP contribution in [0.25, 0.3) is 0 Å². The fourth-order valence-corrected chi connectivity index (χ4v) is 3.50. The summed E-state index contributed by atoms with van der Waals surface area (Å²) in [4.78, 5) is 28.3. The van der Waals surface area contributed by atoms with E-state index in [1.165, 1.54) is 0 Å². The van der Waals surface area contributed by atoms with Crippen LogP contribution in [0.15, 0.2) is 11.6 Å². The highest BCUT2D eigenvalue weighted by molar-refractivity contribution is 5.90. The number of nitrogens with one attached hydrogen (secondary N) is 2. The third-order valence-corrected chi connectivity index (χ3v) is 5.12. The molecular weight excluding hydrogens is 366 g/mol. The minimum absolute atomic E-state index is 0.0814. The first-order valence-electron chi connectivity index (χ1n) is 10.5. The van der Waals surface area contributed by atoms with Crippen molar-refractivity contribution in [1.82, 2.24) is 15.5 Å². The smallest absolute Gasteiger partial charge is 0.245 e. The van der Waals surface area contributed by atoms with E-state index in [9.17, 15) is 9.59 Å². The van der Waals surface area contributed by atoms with Crippen LogP contribution in [0, 0.1) is 16.7 Å². The van der Waals surface area contributed by atoms with E-state index in [-0.39, 0.29) is 29.2 Å². The Kier molecular flexibility index (Phi) is 10.6. The van der Waals surface area contributed by atoms with E-state index in [1.807, 2.05) is 55.5 Å². The molecule has 0 aromatic heterocycles. The van der Waals surface area contributed by atoms with Crippen LogP contribution in [-0.2, 0) is 14.3 Å². The van der Waals surface area contributed by atoms with Gasteiger partial charge in [-0.3, -0.25) is 9.59 Å².